The number of nitrogens with two attached hydrogens (primary N) is 2. The van der Waals surface area contributed by atoms with Crippen LogP contribution in [0.3, 0.4) is 0 Å². The van der Waals surface area contributed by atoms with Gasteiger partial charge in [0.2, 0.25) is 5.60 Å². The van der Waals surface area contributed by atoms with Crippen LogP contribution < -0.4 is 16.8 Å². The first-order valence-electron chi connectivity index (χ1n) is 9.54. The molecule has 2 aromatic rings. The lowest BCUT2D eigenvalue weighted by molar-refractivity contribution is -0.161. The molecule has 2 aromatic heterocycles. The standard InChI is InChI=1S/C15H20N10O8S2/c1-15(2,13(28)29)33-21-9(6-5-34-14(17)18-6)11(26)19-10-7(25(12(10)27)35(30,31)32)4-24-8(3-16)20-22-23-24/h5,7,10H,3-4,16H2,1-2H3,(H2,17,18)(H,19,26)(H,28,29)(H,30,31,32). The smallest absolute Gasteiger partial charge is 0.362 e. The van der Waals surface area contributed by atoms with Crippen LogP contribution in [0.5, 0.6) is 0 Å². The summed E-state index contributed by atoms with van der Waals surface area (Å²) in [4.78, 5) is 45.7. The number of carboxylic acids is 1. The number of carbonyl (C=O) groups is 3. The number of hydrogen-bond acceptors (Lipinski definition) is 14. The maximum Gasteiger partial charge on any atom is 0.362 e. The molecule has 7 N–H and O–H groups in total. The number of thiazole rings is 1. The first kappa shape index (κ1) is 25.9. The highest BCUT2D eigenvalue weighted by Crippen LogP contribution is 2.25. The first-order valence-corrected chi connectivity index (χ1v) is 11.8. The van der Waals surface area contributed by atoms with E-state index in [4.69, 9.17) is 16.3 Å². The van der Waals surface area contributed by atoms with E-state index in [0.29, 0.717) is 0 Å². The van der Waals surface area contributed by atoms with Gasteiger partial charge in [-0.1, -0.05) is 5.16 Å². The molecule has 0 radical (unpaired) electrons. The normalized spacial score (nSPS) is 18.8. The van der Waals surface area contributed by atoms with Gasteiger partial charge in [0.15, 0.2) is 16.7 Å². The van der Waals surface area contributed by atoms with E-state index in [0.717, 1.165) is 16.0 Å². The molecule has 1 saturated heterocycles. The van der Waals surface area contributed by atoms with Crippen molar-refractivity contribution in [1.82, 2.24) is 34.8 Å². The first-order chi connectivity index (χ1) is 16.3. The van der Waals surface area contributed by atoms with Crippen molar-refractivity contribution in [3.63, 3.8) is 0 Å². The van der Waals surface area contributed by atoms with E-state index in [1.165, 1.54) is 19.2 Å². The van der Waals surface area contributed by atoms with Crippen molar-refractivity contribution >= 4 is 50.3 Å². The van der Waals surface area contributed by atoms with Gasteiger partial charge in [-0.15, -0.1) is 16.4 Å². The van der Waals surface area contributed by atoms with E-state index in [1.807, 2.05) is 0 Å². The molecule has 190 valence electrons. The molecule has 35 heavy (non-hydrogen) atoms. The van der Waals surface area contributed by atoms with E-state index < -0.39 is 51.5 Å². The highest BCUT2D eigenvalue weighted by molar-refractivity contribution is 7.84. The van der Waals surface area contributed by atoms with Crippen LogP contribution in [0.25, 0.3) is 0 Å². The Balaban J connectivity index is 1.90. The lowest BCUT2D eigenvalue weighted by atomic mass is 9.98. The van der Waals surface area contributed by atoms with E-state index in [2.05, 4.69) is 31.0 Å². The molecule has 1 fully saturated rings. The molecule has 0 spiro atoms. The van der Waals surface area contributed by atoms with Crippen molar-refractivity contribution in [3.8, 4) is 0 Å². The molecule has 18 nitrogen and oxygen atoms in total. The summed E-state index contributed by atoms with van der Waals surface area (Å²) >= 11 is 0.949. The lowest BCUT2D eigenvalue weighted by Gasteiger charge is -2.43. The van der Waals surface area contributed by atoms with Crippen molar-refractivity contribution in [2.24, 2.45) is 10.9 Å². The van der Waals surface area contributed by atoms with Gasteiger partial charge in [0.1, 0.15) is 11.7 Å². The highest BCUT2D eigenvalue weighted by Gasteiger charge is 2.54. The number of carbonyl (C=O) groups excluding carboxylic acids is 2. The van der Waals surface area contributed by atoms with Gasteiger partial charge in [0.25, 0.3) is 11.8 Å². The van der Waals surface area contributed by atoms with Crippen LogP contribution in [-0.4, -0.2) is 88.8 Å². The molecule has 3 heterocycles. The van der Waals surface area contributed by atoms with Gasteiger partial charge in [0, 0.05) is 5.38 Å². The Morgan fingerprint density at radius 1 is 1.40 bits per heavy atom. The Morgan fingerprint density at radius 2 is 2.09 bits per heavy atom. The van der Waals surface area contributed by atoms with Crippen molar-refractivity contribution in [2.45, 2.75) is 44.6 Å². The number of tetrazole rings is 1. The molecule has 3 rings (SSSR count). The summed E-state index contributed by atoms with van der Waals surface area (Å²) in [5.41, 5.74) is 8.66. The summed E-state index contributed by atoms with van der Waals surface area (Å²) in [7, 11) is -4.99. The molecule has 2 unspecified atom stereocenters. The van der Waals surface area contributed by atoms with E-state index in [1.54, 1.807) is 0 Å². The Labute approximate surface area is 200 Å². The predicted octanol–water partition coefficient (Wildman–Crippen LogP) is -3.05. The largest absolute Gasteiger partial charge is 0.478 e. The second-order valence-corrected chi connectivity index (χ2v) is 9.71. The van der Waals surface area contributed by atoms with E-state index in [-0.39, 0.29) is 34.0 Å². The molecule has 0 bridgehead atoms. The molecular weight excluding hydrogens is 512 g/mol. The summed E-state index contributed by atoms with van der Waals surface area (Å²) in [6.07, 6.45) is 0. The summed E-state index contributed by atoms with van der Waals surface area (Å²) in [6, 6.07) is -2.82. The van der Waals surface area contributed by atoms with E-state index >= 15 is 0 Å². The molecule has 1 aliphatic heterocycles. The monoisotopic (exact) mass is 532 g/mol. The molecule has 20 heteroatoms. The number of nitrogens with one attached hydrogen (secondary N) is 1. The Kier molecular flexibility index (Phi) is 7.01. The Morgan fingerprint density at radius 3 is 2.63 bits per heavy atom. The minimum Gasteiger partial charge on any atom is -0.478 e. The number of rotatable bonds is 10. The number of aliphatic carboxylic acids is 1. The number of β-lactam (4-membered cyclic amide) rings is 1. The number of nitrogen functional groups attached to an aromatic ring is 1. The molecule has 0 aliphatic carbocycles. The van der Waals surface area contributed by atoms with Crippen LogP contribution in [0, 0.1) is 0 Å². The van der Waals surface area contributed by atoms with Gasteiger partial charge in [0.05, 0.1) is 19.1 Å². The van der Waals surface area contributed by atoms with Gasteiger partial charge < -0.3 is 26.7 Å². The molecule has 2 atom stereocenters. The highest BCUT2D eigenvalue weighted by atomic mass is 32.2. The Hall–Kier alpha value is -3.75. The third-order valence-corrected chi connectivity index (χ3v) is 6.33. The average molecular weight is 533 g/mol. The fraction of sp³-hybridized carbons (Fsp3) is 0.467. The van der Waals surface area contributed by atoms with Crippen LogP contribution in [0.1, 0.15) is 25.4 Å². The van der Waals surface area contributed by atoms with Gasteiger partial charge in [-0.3, -0.25) is 14.1 Å². The fourth-order valence-corrected chi connectivity index (χ4v) is 4.26. The number of carboxylic acid groups (broad SMARTS) is 1. The van der Waals surface area contributed by atoms with Gasteiger partial charge >= 0.3 is 16.3 Å². The van der Waals surface area contributed by atoms with Gasteiger partial charge in [-0.25, -0.2) is 18.8 Å². The average Bonchev–Trinajstić information content (AvgIpc) is 3.39. The SMILES string of the molecule is CC(C)(ON=C(C(=O)NC1C(=O)N(S(=O)(=O)O)C1Cn1nnnc1CN)c1csc(N)n1)C(=O)O. The molecule has 0 aromatic carbocycles. The van der Waals surface area contributed by atoms with Crippen LogP contribution in [0.2, 0.25) is 0 Å². The minimum atomic E-state index is -4.99. The third kappa shape index (κ3) is 5.34. The second-order valence-electron chi connectivity index (χ2n) is 7.53. The molecule has 1 aliphatic rings. The topological polar surface area (TPSA) is 271 Å². The maximum atomic E-state index is 13.0. The summed E-state index contributed by atoms with van der Waals surface area (Å²) in [5, 5.41) is 27.2. The van der Waals surface area contributed by atoms with Crippen molar-refractivity contribution in [1.29, 1.82) is 0 Å². The molecule has 2 amide bonds. The zero-order valence-electron chi connectivity index (χ0n) is 18.1. The predicted molar refractivity (Wildman–Crippen MR) is 116 cm³/mol. The van der Waals surface area contributed by atoms with Crippen LogP contribution in [-0.2, 0) is 42.6 Å². The second kappa shape index (κ2) is 9.48. The fourth-order valence-electron chi connectivity index (χ4n) is 2.84. The number of anilines is 1. The van der Waals surface area contributed by atoms with Gasteiger partial charge in [-0.2, -0.15) is 8.42 Å². The quantitative estimate of drug-likeness (QED) is 0.0880. The molecule has 0 saturated carbocycles. The van der Waals surface area contributed by atoms with Crippen LogP contribution in [0.4, 0.5) is 5.13 Å². The summed E-state index contributed by atoms with van der Waals surface area (Å²) in [5.74, 6) is -3.45. The van der Waals surface area contributed by atoms with Crippen molar-refractivity contribution < 1.29 is 37.3 Å². The maximum absolute atomic E-state index is 13.0. The number of oxime groups is 1. The van der Waals surface area contributed by atoms with Crippen molar-refractivity contribution in [2.75, 3.05) is 5.73 Å². The van der Waals surface area contributed by atoms with Crippen LogP contribution >= 0.6 is 11.3 Å². The Bertz CT molecular complexity index is 1290. The van der Waals surface area contributed by atoms with E-state index in [9.17, 15) is 32.5 Å². The summed E-state index contributed by atoms with van der Waals surface area (Å²) < 4.78 is 34.2. The lowest BCUT2D eigenvalue weighted by Crippen LogP contribution is -2.73. The zero-order valence-corrected chi connectivity index (χ0v) is 19.7. The minimum absolute atomic E-state index is 0.0566. The number of amides is 2. The number of hydrogen-bond donors (Lipinski definition) is 5. The molecular formula is C15H20N10O8S2. The van der Waals surface area contributed by atoms with Gasteiger partial charge in [-0.05, 0) is 24.3 Å². The summed E-state index contributed by atoms with van der Waals surface area (Å²) in [6.45, 7) is 1.89. The number of aromatic nitrogens is 5. The zero-order chi connectivity index (χ0) is 26.1. The van der Waals surface area contributed by atoms with Crippen LogP contribution in [0.15, 0.2) is 10.5 Å². The van der Waals surface area contributed by atoms with Crippen molar-refractivity contribution in [3.05, 3.63) is 16.9 Å². The number of nitrogens with zero attached hydrogens (tertiary/aromatic N) is 7. The third-order valence-electron chi connectivity index (χ3n) is 4.71.